The highest BCUT2D eigenvalue weighted by atomic mass is 32.2. The van der Waals surface area contributed by atoms with Crippen LogP contribution in [-0.2, 0) is 10.0 Å². The van der Waals surface area contributed by atoms with Gasteiger partial charge in [-0.05, 0) is 42.9 Å². The SMILES string of the molecule is CC1CCC(CNC(=O)c2cc(F)cc(S(N)(=O)=O)c2)C1. The predicted octanol–water partition coefficient (Wildman–Crippen LogP) is 1.64. The molecule has 116 valence electrons. The van der Waals surface area contributed by atoms with Crippen LogP contribution in [0.4, 0.5) is 4.39 Å². The molecule has 1 aromatic carbocycles. The molecule has 1 aliphatic carbocycles. The van der Waals surface area contributed by atoms with Gasteiger partial charge in [-0.25, -0.2) is 17.9 Å². The molecule has 1 saturated carbocycles. The van der Waals surface area contributed by atoms with Crippen LogP contribution >= 0.6 is 0 Å². The highest BCUT2D eigenvalue weighted by Gasteiger charge is 2.22. The predicted molar refractivity (Wildman–Crippen MR) is 76.6 cm³/mol. The largest absolute Gasteiger partial charge is 0.352 e. The summed E-state index contributed by atoms with van der Waals surface area (Å²) in [5.74, 6) is -0.203. The number of hydrogen-bond donors (Lipinski definition) is 2. The van der Waals surface area contributed by atoms with Crippen molar-refractivity contribution < 1.29 is 17.6 Å². The summed E-state index contributed by atoms with van der Waals surface area (Å²) in [4.78, 5) is 11.6. The van der Waals surface area contributed by atoms with Crippen LogP contribution in [0.2, 0.25) is 0 Å². The quantitative estimate of drug-likeness (QED) is 0.885. The first-order valence-electron chi connectivity index (χ1n) is 6.87. The average molecular weight is 314 g/mol. The molecule has 0 spiro atoms. The molecule has 0 heterocycles. The maximum absolute atomic E-state index is 13.4. The Balaban J connectivity index is 2.07. The summed E-state index contributed by atoms with van der Waals surface area (Å²) in [5, 5.41) is 7.68. The van der Waals surface area contributed by atoms with Gasteiger partial charge in [0.05, 0.1) is 4.90 Å². The molecule has 2 atom stereocenters. The lowest BCUT2D eigenvalue weighted by atomic mass is 10.1. The van der Waals surface area contributed by atoms with Crippen molar-refractivity contribution in [3.8, 4) is 0 Å². The van der Waals surface area contributed by atoms with Crippen molar-refractivity contribution in [2.24, 2.45) is 17.0 Å². The fraction of sp³-hybridized carbons (Fsp3) is 0.500. The Labute approximate surface area is 123 Å². The number of rotatable bonds is 4. The molecular weight excluding hydrogens is 295 g/mol. The molecule has 0 aliphatic heterocycles. The van der Waals surface area contributed by atoms with E-state index in [1.807, 2.05) is 0 Å². The second-order valence-corrected chi connectivity index (χ2v) is 7.28. The van der Waals surface area contributed by atoms with Crippen molar-refractivity contribution >= 4 is 15.9 Å². The summed E-state index contributed by atoms with van der Waals surface area (Å²) in [5.41, 5.74) is -0.0370. The van der Waals surface area contributed by atoms with Crippen LogP contribution in [0.5, 0.6) is 0 Å². The molecule has 21 heavy (non-hydrogen) atoms. The first-order chi connectivity index (χ1) is 9.75. The first kappa shape index (κ1) is 15.9. The third kappa shape index (κ3) is 4.25. The Morgan fingerprint density at radius 3 is 2.67 bits per heavy atom. The van der Waals surface area contributed by atoms with Crippen molar-refractivity contribution in [3.63, 3.8) is 0 Å². The molecule has 7 heteroatoms. The van der Waals surface area contributed by atoms with E-state index in [1.165, 1.54) is 0 Å². The van der Waals surface area contributed by atoms with Gasteiger partial charge in [-0.3, -0.25) is 4.79 Å². The smallest absolute Gasteiger partial charge is 0.251 e. The highest BCUT2D eigenvalue weighted by Crippen LogP contribution is 2.29. The third-order valence-electron chi connectivity index (χ3n) is 3.82. The van der Waals surface area contributed by atoms with Crippen LogP contribution < -0.4 is 10.5 Å². The molecule has 0 radical (unpaired) electrons. The molecule has 5 nitrogen and oxygen atoms in total. The Morgan fingerprint density at radius 2 is 2.10 bits per heavy atom. The number of carbonyl (C=O) groups excluding carboxylic acids is 1. The molecule has 0 saturated heterocycles. The Kier molecular flexibility index (Phi) is 4.63. The zero-order chi connectivity index (χ0) is 15.6. The van der Waals surface area contributed by atoms with Gasteiger partial charge in [0.25, 0.3) is 5.91 Å². The van der Waals surface area contributed by atoms with Gasteiger partial charge in [0, 0.05) is 12.1 Å². The molecule has 1 aromatic rings. The van der Waals surface area contributed by atoms with Crippen LogP contribution in [0.15, 0.2) is 23.1 Å². The molecule has 0 aromatic heterocycles. The van der Waals surface area contributed by atoms with Gasteiger partial charge < -0.3 is 5.32 Å². The van der Waals surface area contributed by atoms with Crippen molar-refractivity contribution in [3.05, 3.63) is 29.6 Å². The molecule has 2 rings (SSSR count). The number of nitrogens with one attached hydrogen (secondary N) is 1. The van der Waals surface area contributed by atoms with Crippen LogP contribution in [0, 0.1) is 17.7 Å². The van der Waals surface area contributed by atoms with E-state index in [0.717, 1.165) is 37.5 Å². The van der Waals surface area contributed by atoms with Gasteiger partial charge >= 0.3 is 0 Å². The van der Waals surface area contributed by atoms with E-state index in [1.54, 1.807) is 0 Å². The van der Waals surface area contributed by atoms with E-state index < -0.39 is 26.6 Å². The summed E-state index contributed by atoms with van der Waals surface area (Å²) in [7, 11) is -4.04. The molecule has 1 fully saturated rings. The molecule has 3 N–H and O–H groups in total. The molecule has 2 unspecified atom stereocenters. The molecular formula is C14H19FN2O3S. The molecule has 1 amide bonds. The minimum Gasteiger partial charge on any atom is -0.352 e. The van der Waals surface area contributed by atoms with E-state index >= 15 is 0 Å². The van der Waals surface area contributed by atoms with Crippen molar-refractivity contribution in [1.82, 2.24) is 5.32 Å². The summed E-state index contributed by atoms with van der Waals surface area (Å²) >= 11 is 0. The van der Waals surface area contributed by atoms with Gasteiger partial charge in [0.1, 0.15) is 5.82 Å². The number of amides is 1. The summed E-state index contributed by atoms with van der Waals surface area (Å²) in [6.45, 7) is 2.69. The minimum absolute atomic E-state index is 0.0370. The third-order valence-corrected chi connectivity index (χ3v) is 4.71. The Hall–Kier alpha value is -1.47. The lowest BCUT2D eigenvalue weighted by Gasteiger charge is -2.11. The monoisotopic (exact) mass is 314 g/mol. The lowest BCUT2D eigenvalue weighted by molar-refractivity contribution is 0.0946. The van der Waals surface area contributed by atoms with E-state index in [2.05, 4.69) is 12.2 Å². The zero-order valence-corrected chi connectivity index (χ0v) is 12.6. The number of hydrogen-bond acceptors (Lipinski definition) is 3. The minimum atomic E-state index is -4.04. The average Bonchev–Trinajstić information content (AvgIpc) is 2.80. The van der Waals surface area contributed by atoms with Crippen molar-refractivity contribution in [1.29, 1.82) is 0 Å². The number of carbonyl (C=O) groups is 1. The van der Waals surface area contributed by atoms with Gasteiger partial charge in [-0.2, -0.15) is 0 Å². The number of primary sulfonamides is 1. The van der Waals surface area contributed by atoms with E-state index in [9.17, 15) is 17.6 Å². The topological polar surface area (TPSA) is 89.3 Å². The number of nitrogens with two attached hydrogens (primary N) is 1. The fourth-order valence-corrected chi connectivity index (χ4v) is 3.28. The standard InChI is InChI=1S/C14H19FN2O3S/c1-9-2-3-10(4-9)8-17-14(18)11-5-12(15)7-13(6-11)21(16,19)20/h5-7,9-10H,2-4,8H2,1H3,(H,17,18)(H2,16,19,20). The Bertz CT molecular complexity index is 646. The zero-order valence-electron chi connectivity index (χ0n) is 11.8. The van der Waals surface area contributed by atoms with Gasteiger partial charge in [-0.15, -0.1) is 0 Å². The van der Waals surface area contributed by atoms with E-state index in [0.29, 0.717) is 18.4 Å². The summed E-state index contributed by atoms with van der Waals surface area (Å²) < 4.78 is 35.9. The van der Waals surface area contributed by atoms with E-state index in [4.69, 9.17) is 5.14 Å². The second kappa shape index (κ2) is 6.11. The summed E-state index contributed by atoms with van der Waals surface area (Å²) in [6.07, 6.45) is 3.27. The van der Waals surface area contributed by atoms with Crippen LogP contribution in [0.25, 0.3) is 0 Å². The van der Waals surface area contributed by atoms with Crippen molar-refractivity contribution in [2.75, 3.05) is 6.54 Å². The van der Waals surface area contributed by atoms with Gasteiger partial charge in [0.15, 0.2) is 0 Å². The van der Waals surface area contributed by atoms with Crippen LogP contribution in [0.1, 0.15) is 36.5 Å². The normalized spacial score (nSPS) is 22.2. The second-order valence-electron chi connectivity index (χ2n) is 5.71. The number of benzene rings is 1. The number of halogens is 1. The summed E-state index contributed by atoms with van der Waals surface area (Å²) in [6, 6.07) is 2.89. The maximum atomic E-state index is 13.4. The first-order valence-corrected chi connectivity index (χ1v) is 8.42. The molecule has 0 bridgehead atoms. The van der Waals surface area contributed by atoms with Gasteiger partial charge in [0.2, 0.25) is 10.0 Å². The lowest BCUT2D eigenvalue weighted by Crippen LogP contribution is -2.28. The molecule has 1 aliphatic rings. The Morgan fingerprint density at radius 1 is 1.38 bits per heavy atom. The number of sulfonamides is 1. The highest BCUT2D eigenvalue weighted by molar-refractivity contribution is 7.89. The van der Waals surface area contributed by atoms with Crippen LogP contribution in [-0.4, -0.2) is 20.9 Å². The fourth-order valence-electron chi connectivity index (χ4n) is 2.71. The van der Waals surface area contributed by atoms with E-state index in [-0.39, 0.29) is 5.56 Å². The maximum Gasteiger partial charge on any atom is 0.251 e. The van der Waals surface area contributed by atoms with Crippen LogP contribution in [0.3, 0.4) is 0 Å². The van der Waals surface area contributed by atoms with Gasteiger partial charge in [-0.1, -0.05) is 13.3 Å². The van der Waals surface area contributed by atoms with Crippen molar-refractivity contribution in [2.45, 2.75) is 31.1 Å².